The lowest BCUT2D eigenvalue weighted by Gasteiger charge is -2.29. The van der Waals surface area contributed by atoms with Gasteiger partial charge in [-0.25, -0.2) is 0 Å². The first-order valence-electron chi connectivity index (χ1n) is 7.27. The van der Waals surface area contributed by atoms with Crippen LogP contribution < -0.4 is 5.73 Å². The third kappa shape index (κ3) is 4.79. The Bertz CT molecular complexity index is 370. The van der Waals surface area contributed by atoms with Crippen molar-refractivity contribution in [3.8, 4) is 0 Å². The Morgan fingerprint density at radius 2 is 2.05 bits per heavy atom. The lowest BCUT2D eigenvalue weighted by Crippen LogP contribution is -2.32. The minimum absolute atomic E-state index is 0.0273. The van der Waals surface area contributed by atoms with Gasteiger partial charge in [-0.2, -0.15) is 0 Å². The summed E-state index contributed by atoms with van der Waals surface area (Å²) in [5.41, 5.74) is 6.91. The van der Waals surface area contributed by atoms with E-state index in [2.05, 4.69) is 13.8 Å². The van der Waals surface area contributed by atoms with Crippen LogP contribution >= 0.6 is 11.6 Å². The number of unbranched alkanes of at least 4 members (excludes halogenated alkanes) is 1. The monoisotopic (exact) mass is 283 g/mol. The van der Waals surface area contributed by atoms with E-state index < -0.39 is 0 Å². The molecule has 3 atom stereocenters. The normalized spacial score (nSPS) is 16.1. The maximum atomic E-state index is 10.6. The van der Waals surface area contributed by atoms with Crippen LogP contribution in [0.1, 0.15) is 51.0 Å². The zero-order chi connectivity index (χ0) is 14.3. The lowest BCUT2D eigenvalue weighted by molar-refractivity contribution is 0.0743. The standard InChI is InChI=1S/C16H26ClNO/c1-3-5-7-12(4-2)16(19)15(11-18)13-8-6-9-14(17)10-13/h6,8-10,12,15-16,19H,3-5,7,11,18H2,1-2H3. The van der Waals surface area contributed by atoms with Crippen LogP contribution in [0, 0.1) is 5.92 Å². The summed E-state index contributed by atoms with van der Waals surface area (Å²) in [4.78, 5) is 0. The molecule has 19 heavy (non-hydrogen) atoms. The molecule has 0 saturated heterocycles. The second kappa shape index (κ2) is 8.57. The van der Waals surface area contributed by atoms with E-state index in [9.17, 15) is 5.11 Å². The molecule has 0 saturated carbocycles. The summed E-state index contributed by atoms with van der Waals surface area (Å²) >= 11 is 6.03. The average molecular weight is 284 g/mol. The van der Waals surface area contributed by atoms with E-state index in [0.29, 0.717) is 17.5 Å². The Morgan fingerprint density at radius 1 is 1.32 bits per heavy atom. The largest absolute Gasteiger partial charge is 0.392 e. The van der Waals surface area contributed by atoms with Gasteiger partial charge in [-0.05, 0) is 30.0 Å². The first-order valence-corrected chi connectivity index (χ1v) is 7.65. The van der Waals surface area contributed by atoms with Gasteiger partial charge in [0.25, 0.3) is 0 Å². The van der Waals surface area contributed by atoms with Gasteiger partial charge in [0, 0.05) is 17.5 Å². The molecule has 3 unspecified atom stereocenters. The van der Waals surface area contributed by atoms with Crippen LogP contribution in [0.3, 0.4) is 0 Å². The van der Waals surface area contributed by atoms with Crippen molar-refractivity contribution in [1.82, 2.24) is 0 Å². The molecule has 3 N–H and O–H groups in total. The van der Waals surface area contributed by atoms with Crippen molar-refractivity contribution < 1.29 is 5.11 Å². The molecule has 0 fully saturated rings. The Kier molecular flexibility index (Phi) is 7.44. The zero-order valence-corrected chi connectivity index (χ0v) is 12.7. The molecule has 0 heterocycles. The second-order valence-corrected chi connectivity index (χ2v) is 5.63. The number of rotatable bonds is 8. The van der Waals surface area contributed by atoms with Crippen LogP contribution in [0.15, 0.2) is 24.3 Å². The number of hydrogen-bond donors (Lipinski definition) is 2. The fourth-order valence-corrected chi connectivity index (χ4v) is 2.82. The fourth-order valence-electron chi connectivity index (χ4n) is 2.62. The molecule has 0 amide bonds. The molecule has 3 heteroatoms. The number of aliphatic hydroxyl groups is 1. The van der Waals surface area contributed by atoms with Crippen LogP contribution in [0.2, 0.25) is 5.02 Å². The van der Waals surface area contributed by atoms with Gasteiger partial charge in [-0.1, -0.05) is 56.8 Å². The van der Waals surface area contributed by atoms with Gasteiger partial charge in [-0.3, -0.25) is 0 Å². The SMILES string of the molecule is CCCCC(CC)C(O)C(CN)c1cccc(Cl)c1. The van der Waals surface area contributed by atoms with Gasteiger partial charge in [0.2, 0.25) is 0 Å². The number of benzene rings is 1. The highest BCUT2D eigenvalue weighted by Crippen LogP contribution is 2.29. The van der Waals surface area contributed by atoms with Crippen molar-refractivity contribution in [3.05, 3.63) is 34.9 Å². The molecule has 0 aromatic heterocycles. The summed E-state index contributed by atoms with van der Waals surface area (Å²) < 4.78 is 0. The maximum Gasteiger partial charge on any atom is 0.0648 e. The van der Waals surface area contributed by atoms with Crippen LogP contribution in [-0.4, -0.2) is 17.8 Å². The Morgan fingerprint density at radius 3 is 2.58 bits per heavy atom. The minimum atomic E-state index is -0.389. The van der Waals surface area contributed by atoms with Crippen molar-refractivity contribution in [1.29, 1.82) is 0 Å². The van der Waals surface area contributed by atoms with Crippen molar-refractivity contribution in [2.24, 2.45) is 11.7 Å². The summed E-state index contributed by atoms with van der Waals surface area (Å²) in [6.45, 7) is 4.76. The number of halogens is 1. The second-order valence-electron chi connectivity index (χ2n) is 5.20. The van der Waals surface area contributed by atoms with Gasteiger partial charge in [0.15, 0.2) is 0 Å². The van der Waals surface area contributed by atoms with Gasteiger partial charge in [-0.15, -0.1) is 0 Å². The molecule has 2 nitrogen and oxygen atoms in total. The highest BCUT2D eigenvalue weighted by molar-refractivity contribution is 6.30. The topological polar surface area (TPSA) is 46.2 Å². The van der Waals surface area contributed by atoms with E-state index in [-0.39, 0.29) is 12.0 Å². The molecule has 0 spiro atoms. The quantitative estimate of drug-likeness (QED) is 0.758. The molecule has 1 aromatic carbocycles. The smallest absolute Gasteiger partial charge is 0.0648 e. The van der Waals surface area contributed by atoms with E-state index >= 15 is 0 Å². The first-order chi connectivity index (χ1) is 9.13. The van der Waals surface area contributed by atoms with Gasteiger partial charge in [0.1, 0.15) is 0 Å². The van der Waals surface area contributed by atoms with E-state index in [1.54, 1.807) is 0 Å². The summed E-state index contributed by atoms with van der Waals surface area (Å²) in [6.07, 6.45) is 3.97. The molecule has 1 aromatic rings. The van der Waals surface area contributed by atoms with Crippen molar-refractivity contribution >= 4 is 11.6 Å². The summed E-state index contributed by atoms with van der Waals surface area (Å²) in [6, 6.07) is 7.67. The predicted octanol–water partition coefficient (Wildman–Crippen LogP) is 3.96. The number of hydrogen-bond acceptors (Lipinski definition) is 2. The number of aliphatic hydroxyl groups excluding tert-OH is 1. The molecular weight excluding hydrogens is 258 g/mol. The summed E-state index contributed by atoms with van der Waals surface area (Å²) in [5, 5.41) is 11.3. The van der Waals surface area contributed by atoms with Crippen LogP contribution in [0.4, 0.5) is 0 Å². The van der Waals surface area contributed by atoms with E-state index in [4.69, 9.17) is 17.3 Å². The summed E-state index contributed by atoms with van der Waals surface area (Å²) in [7, 11) is 0. The molecule has 0 aliphatic rings. The minimum Gasteiger partial charge on any atom is -0.392 e. The molecule has 0 aliphatic heterocycles. The molecular formula is C16H26ClNO. The van der Waals surface area contributed by atoms with Crippen LogP contribution in [-0.2, 0) is 0 Å². The average Bonchev–Trinajstić information content (AvgIpc) is 2.40. The highest BCUT2D eigenvalue weighted by atomic mass is 35.5. The third-order valence-corrected chi connectivity index (χ3v) is 4.11. The van der Waals surface area contributed by atoms with Crippen molar-refractivity contribution in [2.75, 3.05) is 6.54 Å². The predicted molar refractivity (Wildman–Crippen MR) is 82.6 cm³/mol. The van der Waals surface area contributed by atoms with Gasteiger partial charge in [0.05, 0.1) is 6.10 Å². The Balaban J connectivity index is 2.82. The fraction of sp³-hybridized carbons (Fsp3) is 0.625. The maximum absolute atomic E-state index is 10.6. The van der Waals surface area contributed by atoms with E-state index in [1.807, 2.05) is 24.3 Å². The highest BCUT2D eigenvalue weighted by Gasteiger charge is 2.26. The van der Waals surface area contributed by atoms with Crippen molar-refractivity contribution in [2.45, 2.75) is 51.6 Å². The van der Waals surface area contributed by atoms with Crippen molar-refractivity contribution in [3.63, 3.8) is 0 Å². The Labute approximate surface area is 122 Å². The molecule has 0 aliphatic carbocycles. The van der Waals surface area contributed by atoms with E-state index in [1.165, 1.54) is 0 Å². The zero-order valence-electron chi connectivity index (χ0n) is 12.0. The molecule has 0 radical (unpaired) electrons. The lowest BCUT2D eigenvalue weighted by atomic mass is 9.82. The Hall–Kier alpha value is -0.570. The first kappa shape index (κ1) is 16.5. The molecule has 0 bridgehead atoms. The third-order valence-electron chi connectivity index (χ3n) is 3.88. The summed E-state index contributed by atoms with van der Waals surface area (Å²) in [5.74, 6) is 0.285. The van der Waals surface area contributed by atoms with Crippen LogP contribution in [0.5, 0.6) is 0 Å². The van der Waals surface area contributed by atoms with Gasteiger partial charge >= 0.3 is 0 Å². The van der Waals surface area contributed by atoms with E-state index in [0.717, 1.165) is 31.2 Å². The molecule has 108 valence electrons. The number of nitrogens with two attached hydrogens (primary N) is 1. The molecule has 1 rings (SSSR count). The van der Waals surface area contributed by atoms with Gasteiger partial charge < -0.3 is 10.8 Å². The van der Waals surface area contributed by atoms with Crippen LogP contribution in [0.25, 0.3) is 0 Å².